The van der Waals surface area contributed by atoms with Crippen LogP contribution in [0.3, 0.4) is 0 Å². The third-order valence-corrected chi connectivity index (χ3v) is 5.71. The second-order valence-corrected chi connectivity index (χ2v) is 7.66. The number of pyridine rings is 1. The van der Waals surface area contributed by atoms with Crippen molar-refractivity contribution in [2.24, 2.45) is 5.92 Å². The molecule has 130 valence electrons. The van der Waals surface area contributed by atoms with Crippen molar-refractivity contribution in [3.63, 3.8) is 0 Å². The molecule has 2 atom stereocenters. The maximum absolute atomic E-state index is 4.81. The van der Waals surface area contributed by atoms with E-state index in [0.29, 0.717) is 6.04 Å². The van der Waals surface area contributed by atoms with Gasteiger partial charge in [0.25, 0.3) is 0 Å². The van der Waals surface area contributed by atoms with Gasteiger partial charge in [-0.3, -0.25) is 4.98 Å². The van der Waals surface area contributed by atoms with Crippen molar-refractivity contribution >= 4 is 6.08 Å². The van der Waals surface area contributed by atoms with E-state index < -0.39 is 0 Å². The Bertz CT molecular complexity index is 745. The highest BCUT2D eigenvalue weighted by atomic mass is 14.9. The zero-order valence-electron chi connectivity index (χ0n) is 15.2. The first-order chi connectivity index (χ1) is 12.3. The van der Waals surface area contributed by atoms with Crippen molar-refractivity contribution in [2.45, 2.75) is 51.5 Å². The summed E-state index contributed by atoms with van der Waals surface area (Å²) in [5, 5.41) is 3.69. The fourth-order valence-corrected chi connectivity index (χ4v) is 4.07. The molecule has 0 radical (unpaired) electrons. The topological polar surface area (TPSA) is 24.9 Å². The smallest absolute Gasteiger partial charge is 0.0573 e. The fraction of sp³-hybridized carbons (Fsp3) is 0.435. The monoisotopic (exact) mass is 332 g/mol. The molecule has 2 aromatic rings. The SMILES string of the molecule is CC1CCCNC(c2ccc(-c3ccc4c(c3)CCC=C4)cn2)CC1. The molecule has 0 amide bonds. The van der Waals surface area contributed by atoms with Crippen LogP contribution in [0.15, 0.2) is 42.6 Å². The van der Waals surface area contributed by atoms with E-state index in [4.69, 9.17) is 4.98 Å². The van der Waals surface area contributed by atoms with E-state index in [9.17, 15) is 0 Å². The van der Waals surface area contributed by atoms with Gasteiger partial charge in [-0.05, 0) is 73.7 Å². The molecule has 2 aliphatic rings. The summed E-state index contributed by atoms with van der Waals surface area (Å²) in [5.74, 6) is 0.841. The highest BCUT2D eigenvalue weighted by molar-refractivity contribution is 5.68. The first kappa shape index (κ1) is 16.5. The van der Waals surface area contributed by atoms with E-state index in [1.54, 1.807) is 0 Å². The molecule has 1 saturated heterocycles. The third kappa shape index (κ3) is 3.85. The highest BCUT2D eigenvalue weighted by Crippen LogP contribution is 2.28. The molecule has 2 heteroatoms. The van der Waals surface area contributed by atoms with E-state index in [2.05, 4.69) is 60.9 Å². The predicted molar refractivity (Wildman–Crippen MR) is 105 cm³/mol. The van der Waals surface area contributed by atoms with Gasteiger partial charge in [-0.1, -0.05) is 43.3 Å². The van der Waals surface area contributed by atoms with E-state index in [1.165, 1.54) is 53.6 Å². The predicted octanol–water partition coefficient (Wildman–Crippen LogP) is 5.55. The summed E-state index contributed by atoms with van der Waals surface area (Å²) in [6.45, 7) is 3.49. The molecule has 1 fully saturated rings. The average Bonchev–Trinajstić information content (AvgIpc) is 2.65. The summed E-state index contributed by atoms with van der Waals surface area (Å²) >= 11 is 0. The molecule has 4 rings (SSSR count). The van der Waals surface area contributed by atoms with E-state index in [-0.39, 0.29) is 0 Å². The second kappa shape index (κ2) is 7.53. The maximum Gasteiger partial charge on any atom is 0.0573 e. The molecule has 1 N–H and O–H groups in total. The second-order valence-electron chi connectivity index (χ2n) is 7.66. The molecule has 25 heavy (non-hydrogen) atoms. The molecule has 2 nitrogen and oxygen atoms in total. The minimum Gasteiger partial charge on any atom is -0.309 e. The van der Waals surface area contributed by atoms with Crippen molar-refractivity contribution in [1.29, 1.82) is 0 Å². The van der Waals surface area contributed by atoms with Crippen LogP contribution in [0, 0.1) is 5.92 Å². The Morgan fingerprint density at radius 1 is 1.04 bits per heavy atom. The molecule has 1 aliphatic heterocycles. The lowest BCUT2D eigenvalue weighted by Gasteiger charge is -2.24. The number of benzene rings is 1. The largest absolute Gasteiger partial charge is 0.309 e. The van der Waals surface area contributed by atoms with Crippen LogP contribution in [-0.4, -0.2) is 11.5 Å². The number of rotatable bonds is 2. The quantitative estimate of drug-likeness (QED) is 0.780. The summed E-state index contributed by atoms with van der Waals surface area (Å²) in [7, 11) is 0. The number of nitrogens with zero attached hydrogens (tertiary/aromatic N) is 1. The first-order valence-corrected chi connectivity index (χ1v) is 9.79. The van der Waals surface area contributed by atoms with Crippen molar-refractivity contribution in [3.05, 3.63) is 59.4 Å². The van der Waals surface area contributed by atoms with Gasteiger partial charge >= 0.3 is 0 Å². The van der Waals surface area contributed by atoms with Crippen molar-refractivity contribution in [3.8, 4) is 11.1 Å². The lowest BCUT2D eigenvalue weighted by molar-refractivity contribution is 0.357. The van der Waals surface area contributed by atoms with Crippen molar-refractivity contribution in [2.75, 3.05) is 6.54 Å². The Hall–Kier alpha value is -1.93. The molecule has 1 aromatic carbocycles. The number of aromatic nitrogens is 1. The number of hydrogen-bond acceptors (Lipinski definition) is 2. The molecular weight excluding hydrogens is 304 g/mol. The van der Waals surface area contributed by atoms with Crippen LogP contribution in [0.4, 0.5) is 0 Å². The summed E-state index contributed by atoms with van der Waals surface area (Å²) in [6.07, 6.45) is 14.0. The fourth-order valence-electron chi connectivity index (χ4n) is 4.07. The first-order valence-electron chi connectivity index (χ1n) is 9.79. The van der Waals surface area contributed by atoms with Crippen LogP contribution >= 0.6 is 0 Å². The van der Waals surface area contributed by atoms with E-state index >= 15 is 0 Å². The third-order valence-electron chi connectivity index (χ3n) is 5.71. The van der Waals surface area contributed by atoms with Gasteiger partial charge in [-0.15, -0.1) is 0 Å². The number of allylic oxidation sites excluding steroid dienone is 1. The van der Waals surface area contributed by atoms with Gasteiger partial charge in [0.05, 0.1) is 5.69 Å². The molecule has 0 saturated carbocycles. The van der Waals surface area contributed by atoms with Gasteiger partial charge in [0.1, 0.15) is 0 Å². The van der Waals surface area contributed by atoms with Crippen molar-refractivity contribution < 1.29 is 0 Å². The maximum atomic E-state index is 4.81. The zero-order chi connectivity index (χ0) is 17.1. The van der Waals surface area contributed by atoms with Crippen LogP contribution in [0.2, 0.25) is 0 Å². The lowest BCUT2D eigenvalue weighted by Crippen LogP contribution is -2.26. The molecule has 0 spiro atoms. The van der Waals surface area contributed by atoms with Crippen LogP contribution in [0.25, 0.3) is 17.2 Å². The molecular formula is C23H28N2. The van der Waals surface area contributed by atoms with Crippen LogP contribution in [0.5, 0.6) is 0 Å². The Labute approximate surface area is 151 Å². The normalized spacial score (nSPS) is 23.6. The van der Waals surface area contributed by atoms with Gasteiger partial charge < -0.3 is 5.32 Å². The van der Waals surface area contributed by atoms with Gasteiger partial charge in [0, 0.05) is 17.8 Å². The van der Waals surface area contributed by atoms with Crippen molar-refractivity contribution in [1.82, 2.24) is 10.3 Å². The van der Waals surface area contributed by atoms with Gasteiger partial charge in [0.2, 0.25) is 0 Å². The molecule has 0 bridgehead atoms. The average molecular weight is 332 g/mol. The number of fused-ring (bicyclic) bond motifs is 1. The van der Waals surface area contributed by atoms with E-state index in [0.717, 1.165) is 25.3 Å². The molecule has 2 heterocycles. The number of aryl methyl sites for hydroxylation is 1. The Morgan fingerprint density at radius 2 is 1.96 bits per heavy atom. The van der Waals surface area contributed by atoms with Crippen LogP contribution in [-0.2, 0) is 6.42 Å². The summed E-state index contributed by atoms with van der Waals surface area (Å²) in [6, 6.07) is 11.7. The Morgan fingerprint density at radius 3 is 2.84 bits per heavy atom. The molecule has 2 unspecified atom stereocenters. The number of nitrogens with one attached hydrogen (secondary N) is 1. The van der Waals surface area contributed by atoms with Gasteiger partial charge in [-0.2, -0.15) is 0 Å². The highest BCUT2D eigenvalue weighted by Gasteiger charge is 2.17. The lowest BCUT2D eigenvalue weighted by atomic mass is 9.92. The molecule has 1 aromatic heterocycles. The Kier molecular flexibility index (Phi) is 4.98. The van der Waals surface area contributed by atoms with Crippen LogP contribution < -0.4 is 5.32 Å². The van der Waals surface area contributed by atoms with E-state index in [1.807, 2.05) is 0 Å². The minimum atomic E-state index is 0.408. The van der Waals surface area contributed by atoms with Gasteiger partial charge in [-0.25, -0.2) is 0 Å². The summed E-state index contributed by atoms with van der Waals surface area (Å²) in [4.78, 5) is 4.81. The Balaban J connectivity index is 1.52. The standard InChI is InChI=1S/C23H28N2/c1-17-5-4-14-24-22(12-8-17)23-13-11-21(16-25-23)20-10-9-18-6-2-3-7-19(18)15-20/h2,6,9-11,13,15-17,22,24H,3-5,7-8,12,14H2,1H3. The zero-order valence-corrected chi connectivity index (χ0v) is 15.2. The summed E-state index contributed by atoms with van der Waals surface area (Å²) < 4.78 is 0. The van der Waals surface area contributed by atoms with Gasteiger partial charge in [0.15, 0.2) is 0 Å². The van der Waals surface area contributed by atoms with Crippen LogP contribution in [0.1, 0.15) is 61.9 Å². The minimum absolute atomic E-state index is 0.408. The number of hydrogen-bond donors (Lipinski definition) is 1. The molecule has 1 aliphatic carbocycles. The summed E-state index contributed by atoms with van der Waals surface area (Å²) in [5.41, 5.74) is 6.53.